The molecule has 0 amide bonds. The van der Waals surface area contributed by atoms with Crippen molar-refractivity contribution in [1.82, 2.24) is 9.36 Å². The van der Waals surface area contributed by atoms with Crippen molar-refractivity contribution in [3.05, 3.63) is 5.82 Å². The maximum Gasteiger partial charge on any atom is 0.336 e. The zero-order chi connectivity index (χ0) is 12.5. The summed E-state index contributed by atoms with van der Waals surface area (Å²) in [5.74, 6) is 1.19. The zero-order valence-corrected chi connectivity index (χ0v) is 11.0. The van der Waals surface area contributed by atoms with Gasteiger partial charge in [-0.1, -0.05) is 0 Å². The first kappa shape index (κ1) is 11.9. The lowest BCUT2D eigenvalue weighted by molar-refractivity contribution is -0.154. The van der Waals surface area contributed by atoms with Crippen LogP contribution in [0.1, 0.15) is 24.6 Å². The minimum absolute atomic E-state index is 0.327. The molecule has 0 N–H and O–H groups in total. The molecule has 18 heavy (non-hydrogen) atoms. The monoisotopic (exact) mass is 269 g/mol. The Labute approximate surface area is 109 Å². The number of carbonyl (C=O) groups excluding carboxylic acids is 1. The Hall–Kier alpha value is -1.21. The highest BCUT2D eigenvalue weighted by Gasteiger charge is 2.31. The summed E-state index contributed by atoms with van der Waals surface area (Å²) in [6, 6.07) is 0. The fourth-order valence-electron chi connectivity index (χ4n) is 1.96. The fourth-order valence-corrected chi connectivity index (χ4v) is 2.74. The molecule has 1 atom stereocenters. The molecule has 0 spiro atoms. The second kappa shape index (κ2) is 4.81. The predicted octanol–water partition coefficient (Wildman–Crippen LogP) is 0.794. The summed E-state index contributed by atoms with van der Waals surface area (Å²) in [7, 11) is 1.38. The number of carbonyl (C=O) groups is 1. The van der Waals surface area contributed by atoms with Crippen LogP contribution in [-0.4, -0.2) is 48.2 Å². The zero-order valence-electron chi connectivity index (χ0n) is 10.2. The van der Waals surface area contributed by atoms with Crippen molar-refractivity contribution in [2.24, 2.45) is 0 Å². The summed E-state index contributed by atoms with van der Waals surface area (Å²) >= 11 is 1.40. The van der Waals surface area contributed by atoms with Crippen LogP contribution in [0.2, 0.25) is 0 Å². The van der Waals surface area contributed by atoms with E-state index in [9.17, 15) is 4.79 Å². The number of hydrogen-bond acceptors (Lipinski definition) is 7. The summed E-state index contributed by atoms with van der Waals surface area (Å²) in [6.45, 7) is 1.75. The van der Waals surface area contributed by atoms with Crippen molar-refractivity contribution in [2.45, 2.75) is 24.9 Å². The molecule has 7 heteroatoms. The number of aromatic nitrogens is 2. The number of hydrogen-bond donors (Lipinski definition) is 0. The minimum atomic E-state index is -0.517. The molecule has 0 bridgehead atoms. The van der Waals surface area contributed by atoms with E-state index in [2.05, 4.69) is 14.3 Å². The van der Waals surface area contributed by atoms with Gasteiger partial charge in [-0.2, -0.15) is 4.37 Å². The molecule has 1 aliphatic carbocycles. The number of anilines is 1. The number of morpholine rings is 1. The Bertz CT molecular complexity index is 446. The van der Waals surface area contributed by atoms with Crippen molar-refractivity contribution in [2.75, 3.05) is 31.7 Å². The van der Waals surface area contributed by atoms with Gasteiger partial charge in [-0.25, -0.2) is 9.78 Å². The van der Waals surface area contributed by atoms with Crippen LogP contribution in [0.4, 0.5) is 5.13 Å². The van der Waals surface area contributed by atoms with Crippen molar-refractivity contribution >= 4 is 22.6 Å². The van der Waals surface area contributed by atoms with E-state index in [1.165, 1.54) is 31.5 Å². The fraction of sp³-hybridized carbons (Fsp3) is 0.727. The molecule has 1 saturated carbocycles. The first-order chi connectivity index (χ1) is 8.78. The van der Waals surface area contributed by atoms with Crippen molar-refractivity contribution < 1.29 is 14.3 Å². The topological polar surface area (TPSA) is 64.5 Å². The van der Waals surface area contributed by atoms with E-state index >= 15 is 0 Å². The van der Waals surface area contributed by atoms with Gasteiger partial charge in [0, 0.05) is 24.0 Å². The van der Waals surface area contributed by atoms with Gasteiger partial charge in [0.15, 0.2) is 6.10 Å². The Balaban J connectivity index is 1.68. The lowest BCUT2D eigenvalue weighted by Gasteiger charge is -2.30. The summed E-state index contributed by atoms with van der Waals surface area (Å²) in [4.78, 5) is 18.1. The van der Waals surface area contributed by atoms with Crippen LogP contribution in [-0.2, 0) is 14.3 Å². The first-order valence-corrected chi connectivity index (χ1v) is 6.83. The molecule has 0 aromatic carbocycles. The molecule has 0 radical (unpaired) electrons. The minimum Gasteiger partial charge on any atom is -0.467 e. The second-order valence-corrected chi connectivity index (χ2v) is 5.27. The van der Waals surface area contributed by atoms with Crippen molar-refractivity contribution in [3.8, 4) is 0 Å². The lowest BCUT2D eigenvalue weighted by atomic mass is 10.3. The highest BCUT2D eigenvalue weighted by Crippen LogP contribution is 2.39. The van der Waals surface area contributed by atoms with Crippen LogP contribution >= 0.6 is 11.5 Å². The van der Waals surface area contributed by atoms with Crippen LogP contribution < -0.4 is 4.90 Å². The predicted molar refractivity (Wildman–Crippen MR) is 65.9 cm³/mol. The molecule has 3 rings (SSSR count). The van der Waals surface area contributed by atoms with Crippen LogP contribution in [0.15, 0.2) is 0 Å². The number of methoxy groups -OCH3 is 1. The first-order valence-electron chi connectivity index (χ1n) is 6.06. The maximum atomic E-state index is 11.5. The number of ether oxygens (including phenoxy) is 2. The van der Waals surface area contributed by atoms with E-state index in [1.807, 2.05) is 0 Å². The molecule has 2 aliphatic rings. The van der Waals surface area contributed by atoms with Crippen LogP contribution in [0.3, 0.4) is 0 Å². The average Bonchev–Trinajstić information content (AvgIpc) is 3.15. The summed E-state index contributed by atoms with van der Waals surface area (Å²) in [6.07, 6.45) is 1.88. The molecule has 1 aliphatic heterocycles. The van der Waals surface area contributed by atoms with Gasteiger partial charge in [-0.15, -0.1) is 0 Å². The van der Waals surface area contributed by atoms with Gasteiger partial charge in [-0.05, 0) is 12.8 Å². The van der Waals surface area contributed by atoms with Gasteiger partial charge in [-0.3, -0.25) is 0 Å². The van der Waals surface area contributed by atoms with E-state index in [4.69, 9.17) is 9.47 Å². The molecule has 1 saturated heterocycles. The Morgan fingerprint density at radius 2 is 2.39 bits per heavy atom. The summed E-state index contributed by atoms with van der Waals surface area (Å²) in [5, 5.41) is 0.883. The van der Waals surface area contributed by atoms with Gasteiger partial charge in [0.25, 0.3) is 0 Å². The number of esters is 1. The molecular formula is C11H15N3O3S. The molecule has 1 aromatic rings. The summed E-state index contributed by atoms with van der Waals surface area (Å²) in [5.41, 5.74) is 0. The molecule has 6 nitrogen and oxygen atoms in total. The number of nitrogens with zero attached hydrogens (tertiary/aromatic N) is 3. The lowest BCUT2D eigenvalue weighted by Crippen LogP contribution is -2.46. The Morgan fingerprint density at radius 3 is 3.11 bits per heavy atom. The maximum absolute atomic E-state index is 11.5. The van der Waals surface area contributed by atoms with Crippen LogP contribution in [0, 0.1) is 0 Å². The van der Waals surface area contributed by atoms with Crippen molar-refractivity contribution in [1.29, 1.82) is 0 Å². The standard InChI is InChI=1S/C11H15N3O3S/c1-16-10(15)8-6-14(4-5-17-8)11-12-9(13-18-11)7-2-3-7/h7-8H,2-6H2,1H3. The molecular weight excluding hydrogens is 254 g/mol. The second-order valence-electron chi connectivity index (χ2n) is 4.54. The molecule has 2 fully saturated rings. The van der Waals surface area contributed by atoms with Gasteiger partial charge in [0.2, 0.25) is 5.13 Å². The van der Waals surface area contributed by atoms with E-state index in [0.717, 1.165) is 17.5 Å². The quantitative estimate of drug-likeness (QED) is 0.756. The molecule has 98 valence electrons. The Morgan fingerprint density at radius 1 is 1.56 bits per heavy atom. The summed E-state index contributed by atoms with van der Waals surface area (Å²) < 4.78 is 14.5. The smallest absolute Gasteiger partial charge is 0.336 e. The highest BCUT2D eigenvalue weighted by molar-refractivity contribution is 7.09. The van der Waals surface area contributed by atoms with E-state index < -0.39 is 6.10 Å². The largest absolute Gasteiger partial charge is 0.467 e. The normalized spacial score (nSPS) is 24.1. The van der Waals surface area contributed by atoms with Crippen LogP contribution in [0.25, 0.3) is 0 Å². The van der Waals surface area contributed by atoms with Gasteiger partial charge in [0.1, 0.15) is 5.82 Å². The third-order valence-electron chi connectivity index (χ3n) is 3.17. The van der Waals surface area contributed by atoms with E-state index in [1.54, 1.807) is 0 Å². The van der Waals surface area contributed by atoms with E-state index in [0.29, 0.717) is 19.1 Å². The third kappa shape index (κ3) is 2.32. The molecule has 1 aromatic heterocycles. The van der Waals surface area contributed by atoms with Crippen molar-refractivity contribution in [3.63, 3.8) is 0 Å². The SMILES string of the molecule is COC(=O)C1CN(c2nc(C3CC3)ns2)CCO1. The van der Waals surface area contributed by atoms with Gasteiger partial charge < -0.3 is 14.4 Å². The number of rotatable bonds is 3. The van der Waals surface area contributed by atoms with E-state index in [-0.39, 0.29) is 5.97 Å². The average molecular weight is 269 g/mol. The van der Waals surface area contributed by atoms with Gasteiger partial charge in [0.05, 0.1) is 20.3 Å². The third-order valence-corrected chi connectivity index (χ3v) is 3.97. The molecule has 1 unspecified atom stereocenters. The van der Waals surface area contributed by atoms with Crippen LogP contribution in [0.5, 0.6) is 0 Å². The highest BCUT2D eigenvalue weighted by atomic mass is 32.1. The molecule has 2 heterocycles. The van der Waals surface area contributed by atoms with Gasteiger partial charge >= 0.3 is 5.97 Å². The Kier molecular flexibility index (Phi) is 3.17.